The molecule has 1 amide bonds. The summed E-state index contributed by atoms with van der Waals surface area (Å²) in [7, 11) is 2.08. The van der Waals surface area contributed by atoms with E-state index < -0.39 is 0 Å². The predicted octanol–water partition coefficient (Wildman–Crippen LogP) is 0.960. The van der Waals surface area contributed by atoms with E-state index >= 15 is 0 Å². The zero-order valence-electron chi connectivity index (χ0n) is 11.1. The maximum absolute atomic E-state index is 11.5. The van der Waals surface area contributed by atoms with Gasteiger partial charge in [0.25, 0.3) is 0 Å². The summed E-state index contributed by atoms with van der Waals surface area (Å²) < 4.78 is 0. The topological polar surface area (TPSA) is 58.4 Å². The molecule has 0 aromatic carbocycles. The lowest BCUT2D eigenvalue weighted by molar-refractivity contribution is -0.122. The Bertz CT molecular complexity index is 197. The summed E-state index contributed by atoms with van der Waals surface area (Å²) >= 11 is 0. The molecule has 0 spiro atoms. The summed E-state index contributed by atoms with van der Waals surface area (Å²) in [6.45, 7) is 7.93. The molecule has 4 heteroatoms. The van der Waals surface area contributed by atoms with Crippen molar-refractivity contribution < 1.29 is 4.79 Å². The Morgan fingerprint density at radius 2 is 2.06 bits per heavy atom. The third kappa shape index (κ3) is 6.08. The third-order valence-electron chi connectivity index (χ3n) is 3.04. The fourth-order valence-electron chi connectivity index (χ4n) is 1.46. The highest BCUT2D eigenvalue weighted by atomic mass is 16.2. The lowest BCUT2D eigenvalue weighted by atomic mass is 10.2. The van der Waals surface area contributed by atoms with Crippen LogP contribution in [-0.4, -0.2) is 43.0 Å². The van der Waals surface area contributed by atoms with Gasteiger partial charge in [0.05, 0.1) is 6.04 Å². The molecule has 0 aromatic heterocycles. The quantitative estimate of drug-likeness (QED) is 0.652. The lowest BCUT2D eigenvalue weighted by Gasteiger charge is -2.23. The van der Waals surface area contributed by atoms with Crippen LogP contribution in [-0.2, 0) is 4.79 Å². The van der Waals surface area contributed by atoms with E-state index in [4.69, 9.17) is 5.73 Å². The van der Waals surface area contributed by atoms with E-state index in [0.717, 1.165) is 25.8 Å². The molecule has 0 aromatic rings. The molecule has 0 aliphatic heterocycles. The minimum atomic E-state index is -0.348. The average Bonchev–Trinajstić information content (AvgIpc) is 2.27. The zero-order valence-corrected chi connectivity index (χ0v) is 11.1. The molecule has 0 saturated heterocycles. The maximum Gasteiger partial charge on any atom is 0.236 e. The molecule has 0 aliphatic carbocycles. The molecule has 96 valence electrons. The highest BCUT2D eigenvalue weighted by Crippen LogP contribution is 1.98. The summed E-state index contributed by atoms with van der Waals surface area (Å²) in [6, 6.07) is 0.208. The van der Waals surface area contributed by atoms with Gasteiger partial charge in [-0.3, -0.25) is 4.79 Å². The number of nitrogens with one attached hydrogen (secondary N) is 1. The van der Waals surface area contributed by atoms with Crippen LogP contribution in [0.5, 0.6) is 0 Å². The Balaban J connectivity index is 3.69. The first kappa shape index (κ1) is 15.4. The number of carbonyl (C=O) groups is 1. The number of nitrogens with two attached hydrogens (primary N) is 1. The molecule has 0 radical (unpaired) electrons. The van der Waals surface area contributed by atoms with Crippen molar-refractivity contribution in [3.8, 4) is 0 Å². The summed E-state index contributed by atoms with van der Waals surface area (Å²) in [6.07, 6.45) is 2.83. The fourth-order valence-corrected chi connectivity index (χ4v) is 1.46. The minimum absolute atomic E-state index is 0.0283. The molecule has 0 saturated carbocycles. The maximum atomic E-state index is 11.5. The Hall–Kier alpha value is -0.610. The van der Waals surface area contributed by atoms with Gasteiger partial charge in [-0.25, -0.2) is 0 Å². The van der Waals surface area contributed by atoms with E-state index in [1.54, 1.807) is 0 Å². The molecule has 2 atom stereocenters. The van der Waals surface area contributed by atoms with Gasteiger partial charge in [-0.2, -0.15) is 0 Å². The van der Waals surface area contributed by atoms with Crippen molar-refractivity contribution in [2.24, 2.45) is 5.73 Å². The first-order valence-corrected chi connectivity index (χ1v) is 6.26. The predicted molar refractivity (Wildman–Crippen MR) is 68.3 cm³/mol. The van der Waals surface area contributed by atoms with E-state index in [1.807, 2.05) is 6.92 Å². The second-order valence-corrected chi connectivity index (χ2v) is 4.42. The average molecular weight is 229 g/mol. The minimum Gasteiger partial charge on any atom is -0.353 e. The van der Waals surface area contributed by atoms with E-state index in [9.17, 15) is 4.79 Å². The van der Waals surface area contributed by atoms with Crippen LogP contribution in [0.4, 0.5) is 0 Å². The lowest BCUT2D eigenvalue weighted by Crippen LogP contribution is -2.44. The number of hydrogen-bond acceptors (Lipinski definition) is 3. The normalized spacial score (nSPS) is 14.9. The van der Waals surface area contributed by atoms with E-state index in [1.165, 1.54) is 0 Å². The van der Waals surface area contributed by atoms with Crippen LogP contribution < -0.4 is 11.1 Å². The van der Waals surface area contributed by atoms with Crippen molar-refractivity contribution in [1.82, 2.24) is 10.2 Å². The molecule has 4 nitrogen and oxygen atoms in total. The second kappa shape index (κ2) is 8.53. The number of carbonyl (C=O) groups excluding carboxylic acids is 1. The summed E-state index contributed by atoms with van der Waals surface area (Å²) in [5, 5.41) is 2.87. The first-order chi connectivity index (χ1) is 7.52. The highest BCUT2D eigenvalue weighted by molar-refractivity contribution is 5.81. The van der Waals surface area contributed by atoms with Crippen molar-refractivity contribution in [2.75, 3.05) is 20.1 Å². The van der Waals surface area contributed by atoms with Gasteiger partial charge >= 0.3 is 0 Å². The fraction of sp³-hybridized carbons (Fsp3) is 0.917. The van der Waals surface area contributed by atoms with Crippen molar-refractivity contribution in [2.45, 2.75) is 52.1 Å². The molecule has 2 unspecified atom stereocenters. The Kier molecular flexibility index (Phi) is 8.21. The third-order valence-corrected chi connectivity index (χ3v) is 3.04. The monoisotopic (exact) mass is 229 g/mol. The largest absolute Gasteiger partial charge is 0.353 e. The summed E-state index contributed by atoms with van der Waals surface area (Å²) in [4.78, 5) is 13.7. The van der Waals surface area contributed by atoms with Gasteiger partial charge in [0.2, 0.25) is 5.91 Å². The Morgan fingerprint density at radius 3 is 2.56 bits per heavy atom. The molecule has 3 N–H and O–H groups in total. The Labute approximate surface area is 99.6 Å². The van der Waals surface area contributed by atoms with Gasteiger partial charge in [0.15, 0.2) is 0 Å². The smallest absolute Gasteiger partial charge is 0.236 e. The highest BCUT2D eigenvalue weighted by Gasteiger charge is 2.12. The van der Waals surface area contributed by atoms with Gasteiger partial charge in [-0.1, -0.05) is 20.3 Å². The van der Waals surface area contributed by atoms with Gasteiger partial charge < -0.3 is 16.0 Å². The van der Waals surface area contributed by atoms with Crippen molar-refractivity contribution in [3.63, 3.8) is 0 Å². The van der Waals surface area contributed by atoms with Crippen molar-refractivity contribution in [1.29, 1.82) is 0 Å². The molecular formula is C12H27N3O. The van der Waals surface area contributed by atoms with Crippen molar-refractivity contribution >= 4 is 5.91 Å². The van der Waals surface area contributed by atoms with Gasteiger partial charge in [0, 0.05) is 19.1 Å². The second-order valence-electron chi connectivity index (χ2n) is 4.42. The van der Waals surface area contributed by atoms with Gasteiger partial charge in [-0.05, 0) is 26.8 Å². The van der Waals surface area contributed by atoms with E-state index in [-0.39, 0.29) is 11.9 Å². The molecule has 0 aliphatic rings. The zero-order chi connectivity index (χ0) is 12.6. The number of amides is 1. The van der Waals surface area contributed by atoms with Crippen LogP contribution in [0.15, 0.2) is 0 Å². The van der Waals surface area contributed by atoms with Gasteiger partial charge in [-0.15, -0.1) is 0 Å². The number of hydrogen-bond donors (Lipinski definition) is 2. The van der Waals surface area contributed by atoms with Gasteiger partial charge in [0.1, 0.15) is 0 Å². The summed E-state index contributed by atoms with van der Waals surface area (Å²) in [5.74, 6) is -0.0283. The van der Waals surface area contributed by atoms with Crippen LogP contribution in [0.1, 0.15) is 40.0 Å². The van der Waals surface area contributed by atoms with Crippen LogP contribution >= 0.6 is 0 Å². The van der Waals surface area contributed by atoms with Crippen molar-refractivity contribution in [3.05, 3.63) is 0 Å². The standard InChI is InChI=1S/C12H27N3O/c1-5-7-11(13)12(16)14-8-9-15(4)10(3)6-2/h10-11H,5-9,13H2,1-4H3,(H,14,16). The van der Waals surface area contributed by atoms with Crippen LogP contribution in [0.3, 0.4) is 0 Å². The molecule has 0 rings (SSSR count). The molecule has 0 bridgehead atoms. The Morgan fingerprint density at radius 1 is 1.44 bits per heavy atom. The van der Waals surface area contributed by atoms with E-state index in [0.29, 0.717) is 12.6 Å². The summed E-state index contributed by atoms with van der Waals surface area (Å²) in [5.41, 5.74) is 5.70. The molecule has 16 heavy (non-hydrogen) atoms. The number of likely N-dealkylation sites (N-methyl/N-ethyl adjacent to an activating group) is 1. The van der Waals surface area contributed by atoms with Crippen LogP contribution in [0.25, 0.3) is 0 Å². The molecule has 0 fully saturated rings. The number of nitrogens with zero attached hydrogens (tertiary/aromatic N) is 1. The number of rotatable bonds is 8. The van der Waals surface area contributed by atoms with Crippen LogP contribution in [0.2, 0.25) is 0 Å². The molecule has 0 heterocycles. The molecular weight excluding hydrogens is 202 g/mol. The van der Waals surface area contributed by atoms with Crippen LogP contribution in [0, 0.1) is 0 Å². The SMILES string of the molecule is CCCC(N)C(=O)NCCN(C)C(C)CC. The first-order valence-electron chi connectivity index (χ1n) is 6.26. The van der Waals surface area contributed by atoms with E-state index in [2.05, 4.69) is 31.1 Å².